The molecule has 6 heteroatoms. The van der Waals surface area contributed by atoms with Gasteiger partial charge in [-0.15, -0.1) is 5.10 Å². The second kappa shape index (κ2) is 7.08. The molecule has 27 heavy (non-hydrogen) atoms. The molecule has 2 aliphatic heterocycles. The van der Waals surface area contributed by atoms with Crippen LogP contribution in [0.2, 0.25) is 0 Å². The van der Waals surface area contributed by atoms with Crippen LogP contribution in [-0.2, 0) is 12.8 Å². The molecule has 0 radical (unpaired) electrons. The number of benzene rings is 1. The van der Waals surface area contributed by atoms with Crippen LogP contribution < -0.4 is 9.80 Å². The summed E-state index contributed by atoms with van der Waals surface area (Å²) < 4.78 is 13.1. The molecule has 0 amide bonds. The van der Waals surface area contributed by atoms with E-state index in [-0.39, 0.29) is 5.82 Å². The quantitative estimate of drug-likeness (QED) is 0.833. The highest BCUT2D eigenvalue weighted by molar-refractivity contribution is 5.47. The summed E-state index contributed by atoms with van der Waals surface area (Å²) in [6, 6.07) is 9.73. The molecule has 5 rings (SSSR count). The molecule has 1 aliphatic carbocycles. The van der Waals surface area contributed by atoms with Gasteiger partial charge < -0.3 is 9.80 Å². The zero-order valence-corrected chi connectivity index (χ0v) is 15.6. The number of rotatable bonds is 3. The fourth-order valence-corrected chi connectivity index (χ4v) is 4.50. The van der Waals surface area contributed by atoms with E-state index in [1.807, 2.05) is 12.1 Å². The number of aryl methyl sites for hydroxylation is 2. The number of nitrogens with zero attached hydrogens (tertiary/aromatic N) is 5. The zero-order chi connectivity index (χ0) is 18.2. The van der Waals surface area contributed by atoms with Gasteiger partial charge in [0.05, 0.1) is 5.69 Å². The molecule has 5 nitrogen and oxygen atoms in total. The van der Waals surface area contributed by atoms with Gasteiger partial charge in [-0.05, 0) is 61.6 Å². The first-order valence-electron chi connectivity index (χ1n) is 10.1. The number of hydrogen-bond donors (Lipinski definition) is 0. The molecule has 2 fully saturated rings. The van der Waals surface area contributed by atoms with Crippen LogP contribution in [0, 0.1) is 5.82 Å². The number of piperazine rings is 1. The third-order valence-corrected chi connectivity index (χ3v) is 6.27. The summed E-state index contributed by atoms with van der Waals surface area (Å²) in [6.45, 7) is 6.22. The van der Waals surface area contributed by atoms with Gasteiger partial charge in [-0.3, -0.25) is 4.90 Å². The SMILES string of the molecule is Fc1ccc(N2CCN(C3CN(c4cc5c(nn4)CCCC5)C3)CC2)cc1. The topological polar surface area (TPSA) is 35.5 Å². The van der Waals surface area contributed by atoms with E-state index < -0.39 is 0 Å². The summed E-state index contributed by atoms with van der Waals surface area (Å²) in [5.74, 6) is 0.883. The Kier molecular flexibility index (Phi) is 4.44. The fourth-order valence-electron chi connectivity index (χ4n) is 4.50. The lowest BCUT2D eigenvalue weighted by Crippen LogP contribution is -2.63. The van der Waals surface area contributed by atoms with Gasteiger partial charge in [0, 0.05) is 51.0 Å². The standard InChI is InChI=1S/C21H26FN5/c22-17-5-7-18(8-6-17)25-9-11-26(12-10-25)19-14-27(15-19)21-13-16-3-1-2-4-20(16)23-24-21/h5-8,13,19H,1-4,9-12,14-15H2. The van der Waals surface area contributed by atoms with E-state index in [0.29, 0.717) is 6.04 Å². The molecular formula is C21H26FN5. The van der Waals surface area contributed by atoms with Crippen LogP contribution in [0.15, 0.2) is 30.3 Å². The lowest BCUT2D eigenvalue weighted by Gasteiger charge is -2.48. The first kappa shape index (κ1) is 16.9. The van der Waals surface area contributed by atoms with Crippen LogP contribution in [0.4, 0.5) is 15.9 Å². The molecule has 0 saturated carbocycles. The van der Waals surface area contributed by atoms with Crippen LogP contribution in [0.3, 0.4) is 0 Å². The summed E-state index contributed by atoms with van der Waals surface area (Å²) in [4.78, 5) is 7.29. The van der Waals surface area contributed by atoms with Gasteiger partial charge in [0.15, 0.2) is 5.82 Å². The van der Waals surface area contributed by atoms with Crippen molar-refractivity contribution in [3.8, 4) is 0 Å². The van der Waals surface area contributed by atoms with Crippen LogP contribution in [-0.4, -0.2) is 60.4 Å². The van der Waals surface area contributed by atoms with Gasteiger partial charge >= 0.3 is 0 Å². The molecule has 1 aromatic heterocycles. The van der Waals surface area contributed by atoms with Crippen molar-refractivity contribution in [1.29, 1.82) is 0 Å². The minimum absolute atomic E-state index is 0.169. The lowest BCUT2D eigenvalue weighted by molar-refractivity contribution is 0.156. The van der Waals surface area contributed by atoms with Gasteiger partial charge in [-0.1, -0.05) is 0 Å². The van der Waals surface area contributed by atoms with Gasteiger partial charge in [0.25, 0.3) is 0 Å². The van der Waals surface area contributed by atoms with E-state index in [2.05, 4.69) is 31.0 Å². The van der Waals surface area contributed by atoms with Crippen molar-refractivity contribution in [2.45, 2.75) is 31.7 Å². The number of fused-ring (bicyclic) bond motifs is 1. The van der Waals surface area contributed by atoms with Gasteiger partial charge in [-0.25, -0.2) is 4.39 Å². The zero-order valence-electron chi connectivity index (χ0n) is 15.6. The van der Waals surface area contributed by atoms with Crippen molar-refractivity contribution < 1.29 is 4.39 Å². The van der Waals surface area contributed by atoms with E-state index in [9.17, 15) is 4.39 Å². The fraction of sp³-hybridized carbons (Fsp3) is 0.524. The van der Waals surface area contributed by atoms with Gasteiger partial charge in [0.1, 0.15) is 5.82 Å². The Morgan fingerprint density at radius 3 is 2.37 bits per heavy atom. The minimum atomic E-state index is -0.169. The third-order valence-electron chi connectivity index (χ3n) is 6.27. The van der Waals surface area contributed by atoms with Crippen molar-refractivity contribution in [3.63, 3.8) is 0 Å². The van der Waals surface area contributed by atoms with E-state index >= 15 is 0 Å². The average molecular weight is 367 g/mol. The molecule has 3 aliphatic rings. The Morgan fingerprint density at radius 1 is 0.852 bits per heavy atom. The Labute approximate surface area is 159 Å². The minimum Gasteiger partial charge on any atom is -0.369 e. The normalized spacial score (nSPS) is 21.1. The molecule has 0 atom stereocenters. The summed E-state index contributed by atoms with van der Waals surface area (Å²) >= 11 is 0. The van der Waals surface area contributed by atoms with Crippen molar-refractivity contribution in [2.24, 2.45) is 0 Å². The Morgan fingerprint density at radius 2 is 1.59 bits per heavy atom. The molecule has 0 N–H and O–H groups in total. The Hall–Kier alpha value is -2.21. The van der Waals surface area contributed by atoms with Crippen molar-refractivity contribution in [3.05, 3.63) is 47.4 Å². The molecule has 0 spiro atoms. The Balaban J connectivity index is 1.15. The third kappa shape index (κ3) is 3.38. The highest BCUT2D eigenvalue weighted by Crippen LogP contribution is 2.27. The smallest absolute Gasteiger partial charge is 0.151 e. The molecule has 142 valence electrons. The average Bonchev–Trinajstić information content (AvgIpc) is 2.68. The van der Waals surface area contributed by atoms with E-state index in [0.717, 1.165) is 63.6 Å². The molecular weight excluding hydrogens is 341 g/mol. The van der Waals surface area contributed by atoms with E-state index in [1.165, 1.54) is 24.1 Å². The largest absolute Gasteiger partial charge is 0.369 e. The van der Waals surface area contributed by atoms with Crippen molar-refractivity contribution in [2.75, 3.05) is 49.1 Å². The maximum atomic E-state index is 13.1. The van der Waals surface area contributed by atoms with Crippen LogP contribution in [0.25, 0.3) is 0 Å². The molecule has 0 bridgehead atoms. The number of hydrogen-bond acceptors (Lipinski definition) is 5. The summed E-state index contributed by atoms with van der Waals surface area (Å²) in [5, 5.41) is 8.94. The number of anilines is 2. The molecule has 2 aromatic rings. The van der Waals surface area contributed by atoms with Gasteiger partial charge in [-0.2, -0.15) is 5.10 Å². The predicted molar refractivity (Wildman–Crippen MR) is 105 cm³/mol. The lowest BCUT2D eigenvalue weighted by atomic mass is 9.96. The van der Waals surface area contributed by atoms with Crippen LogP contribution in [0.1, 0.15) is 24.1 Å². The van der Waals surface area contributed by atoms with E-state index in [4.69, 9.17) is 0 Å². The monoisotopic (exact) mass is 367 g/mol. The highest BCUT2D eigenvalue weighted by atomic mass is 19.1. The van der Waals surface area contributed by atoms with Crippen molar-refractivity contribution in [1.82, 2.24) is 15.1 Å². The predicted octanol–water partition coefficient (Wildman–Crippen LogP) is 2.51. The second-order valence-corrected chi connectivity index (χ2v) is 7.94. The number of halogens is 1. The first-order chi connectivity index (χ1) is 13.3. The first-order valence-corrected chi connectivity index (χ1v) is 10.1. The molecule has 1 aromatic carbocycles. The highest BCUT2D eigenvalue weighted by Gasteiger charge is 2.34. The Bertz CT molecular complexity index is 795. The molecule has 2 saturated heterocycles. The molecule has 0 unspecified atom stereocenters. The van der Waals surface area contributed by atoms with Crippen LogP contribution >= 0.6 is 0 Å². The van der Waals surface area contributed by atoms with E-state index in [1.54, 1.807) is 12.1 Å². The maximum absolute atomic E-state index is 13.1. The summed E-state index contributed by atoms with van der Waals surface area (Å²) in [7, 11) is 0. The van der Waals surface area contributed by atoms with Crippen molar-refractivity contribution >= 4 is 11.5 Å². The summed E-state index contributed by atoms with van der Waals surface area (Å²) in [5.41, 5.74) is 3.73. The van der Waals surface area contributed by atoms with Crippen LogP contribution in [0.5, 0.6) is 0 Å². The summed E-state index contributed by atoms with van der Waals surface area (Å²) in [6.07, 6.45) is 4.76. The number of aromatic nitrogens is 2. The second-order valence-electron chi connectivity index (χ2n) is 7.94. The molecule has 3 heterocycles. The van der Waals surface area contributed by atoms with Gasteiger partial charge in [0.2, 0.25) is 0 Å². The maximum Gasteiger partial charge on any atom is 0.151 e.